The molecule has 9 heavy (non-hydrogen) atoms. The molecule has 0 aliphatic rings. The zero-order valence-electron chi connectivity index (χ0n) is 7.49. The Balaban J connectivity index is 3.31. The summed E-state index contributed by atoms with van der Waals surface area (Å²) in [6, 6.07) is 2.97. The standard InChI is InChI=1S/C7H6F2/c1-5-6(8)3-2-4-7(5)9/h2-4H,1H3/i1D3. The van der Waals surface area contributed by atoms with Crippen LogP contribution in [0.4, 0.5) is 8.78 Å². The zero-order valence-corrected chi connectivity index (χ0v) is 4.49. The smallest absolute Gasteiger partial charge is 0.129 e. The van der Waals surface area contributed by atoms with Crippen molar-refractivity contribution >= 4 is 0 Å². The van der Waals surface area contributed by atoms with Crippen LogP contribution in [0.3, 0.4) is 0 Å². The summed E-state index contributed by atoms with van der Waals surface area (Å²) in [4.78, 5) is 0. The van der Waals surface area contributed by atoms with Crippen molar-refractivity contribution in [3.05, 3.63) is 35.4 Å². The lowest BCUT2D eigenvalue weighted by Gasteiger charge is -1.94. The van der Waals surface area contributed by atoms with Crippen LogP contribution in [0.1, 0.15) is 9.68 Å². The van der Waals surface area contributed by atoms with E-state index in [2.05, 4.69) is 0 Å². The lowest BCUT2D eigenvalue weighted by Crippen LogP contribution is -1.85. The first-order valence-electron chi connectivity index (χ1n) is 3.87. The summed E-state index contributed by atoms with van der Waals surface area (Å²) in [5.41, 5.74) is -0.843. The van der Waals surface area contributed by atoms with Crippen molar-refractivity contribution in [2.24, 2.45) is 0 Å². The Morgan fingerprint density at radius 2 is 1.89 bits per heavy atom. The maximum atomic E-state index is 12.7. The molecule has 0 saturated heterocycles. The van der Waals surface area contributed by atoms with E-state index in [-0.39, 0.29) is 0 Å². The molecule has 1 aromatic rings. The molecule has 0 atom stereocenters. The fourth-order valence-corrected chi connectivity index (χ4v) is 0.498. The number of halogens is 2. The summed E-state index contributed by atoms with van der Waals surface area (Å²) in [5.74, 6) is -2.06. The minimum Gasteiger partial charge on any atom is -0.207 e. The Morgan fingerprint density at radius 1 is 1.33 bits per heavy atom. The molecule has 0 aliphatic carbocycles. The highest BCUT2D eigenvalue weighted by Gasteiger charge is 1.99. The van der Waals surface area contributed by atoms with Gasteiger partial charge < -0.3 is 0 Å². The van der Waals surface area contributed by atoms with E-state index < -0.39 is 24.0 Å². The van der Waals surface area contributed by atoms with Crippen LogP contribution in [0.15, 0.2) is 18.2 Å². The molecule has 0 spiro atoms. The lowest BCUT2D eigenvalue weighted by molar-refractivity contribution is 0.568. The fourth-order valence-electron chi connectivity index (χ4n) is 0.498. The fraction of sp³-hybridized carbons (Fsp3) is 0.143. The summed E-state index contributed by atoms with van der Waals surface area (Å²) < 4.78 is 45.9. The topological polar surface area (TPSA) is 0 Å². The van der Waals surface area contributed by atoms with Crippen molar-refractivity contribution in [2.75, 3.05) is 0 Å². The van der Waals surface area contributed by atoms with Gasteiger partial charge in [0.05, 0.1) is 0 Å². The van der Waals surface area contributed by atoms with E-state index in [0.717, 1.165) is 18.2 Å². The molecule has 0 aromatic heterocycles. The Bertz CT molecular complexity index is 273. The van der Waals surface area contributed by atoms with Crippen LogP contribution in [-0.2, 0) is 0 Å². The molecule has 1 aromatic carbocycles. The summed E-state index contributed by atoms with van der Waals surface area (Å²) in [6.07, 6.45) is 0. The monoisotopic (exact) mass is 131 g/mol. The highest BCUT2D eigenvalue weighted by Crippen LogP contribution is 2.08. The third-order valence-electron chi connectivity index (χ3n) is 0.963. The van der Waals surface area contributed by atoms with Crippen molar-refractivity contribution < 1.29 is 12.9 Å². The summed E-state index contributed by atoms with van der Waals surface area (Å²) >= 11 is 0. The molecule has 0 nitrogen and oxygen atoms in total. The molecule has 0 amide bonds. The van der Waals surface area contributed by atoms with E-state index in [0.29, 0.717) is 0 Å². The summed E-state index contributed by atoms with van der Waals surface area (Å²) in [7, 11) is 0. The highest BCUT2D eigenvalue weighted by molar-refractivity contribution is 5.17. The van der Waals surface area contributed by atoms with Gasteiger partial charge in [-0.3, -0.25) is 0 Å². The van der Waals surface area contributed by atoms with Crippen molar-refractivity contribution in [3.8, 4) is 0 Å². The molecule has 0 heterocycles. The maximum absolute atomic E-state index is 12.7. The van der Waals surface area contributed by atoms with E-state index in [1.165, 1.54) is 0 Å². The van der Waals surface area contributed by atoms with Crippen LogP contribution in [0, 0.1) is 18.5 Å². The van der Waals surface area contributed by atoms with Crippen LogP contribution in [0.2, 0.25) is 0 Å². The van der Waals surface area contributed by atoms with Crippen LogP contribution in [0.25, 0.3) is 0 Å². The quantitative estimate of drug-likeness (QED) is 0.506. The van der Waals surface area contributed by atoms with Gasteiger partial charge in [0.2, 0.25) is 0 Å². The normalized spacial score (nSPS) is 16.0. The van der Waals surface area contributed by atoms with Gasteiger partial charge >= 0.3 is 0 Å². The third kappa shape index (κ3) is 1.07. The second-order valence-electron chi connectivity index (χ2n) is 1.60. The molecule has 0 bridgehead atoms. The largest absolute Gasteiger partial charge is 0.207 e. The predicted molar refractivity (Wildman–Crippen MR) is 31.1 cm³/mol. The SMILES string of the molecule is [2H]C([2H])([2H])c1c(F)cccc1F. The first-order valence-corrected chi connectivity index (χ1v) is 2.37. The minimum absolute atomic E-state index is 0.843. The van der Waals surface area contributed by atoms with Crippen molar-refractivity contribution in [3.63, 3.8) is 0 Å². The average Bonchev–Trinajstić information content (AvgIpc) is 1.82. The molecule has 0 saturated carbocycles. The second kappa shape index (κ2) is 2.13. The van der Waals surface area contributed by atoms with Crippen molar-refractivity contribution in [2.45, 2.75) is 6.85 Å². The number of hydrogen-bond donors (Lipinski definition) is 0. The van der Waals surface area contributed by atoms with E-state index in [4.69, 9.17) is 4.11 Å². The number of hydrogen-bond acceptors (Lipinski definition) is 0. The molecule has 0 fully saturated rings. The van der Waals surface area contributed by atoms with Gasteiger partial charge in [0.25, 0.3) is 0 Å². The molecule has 0 radical (unpaired) electrons. The Kier molecular flexibility index (Phi) is 0.781. The molecular weight excluding hydrogens is 122 g/mol. The zero-order chi connectivity index (χ0) is 9.35. The van der Waals surface area contributed by atoms with Gasteiger partial charge in [0.15, 0.2) is 0 Å². The van der Waals surface area contributed by atoms with E-state index in [9.17, 15) is 8.78 Å². The molecule has 0 aliphatic heterocycles. The first-order chi connectivity index (χ1) is 5.43. The Morgan fingerprint density at radius 3 is 2.22 bits per heavy atom. The van der Waals surface area contributed by atoms with Gasteiger partial charge in [-0.25, -0.2) is 8.78 Å². The third-order valence-corrected chi connectivity index (χ3v) is 0.963. The van der Waals surface area contributed by atoms with Gasteiger partial charge in [-0.2, -0.15) is 0 Å². The van der Waals surface area contributed by atoms with Gasteiger partial charge in [0, 0.05) is 9.68 Å². The first kappa shape index (κ1) is 3.30. The second-order valence-corrected chi connectivity index (χ2v) is 1.60. The van der Waals surface area contributed by atoms with E-state index in [1.807, 2.05) is 0 Å². The van der Waals surface area contributed by atoms with E-state index in [1.54, 1.807) is 0 Å². The van der Waals surface area contributed by atoms with Crippen LogP contribution < -0.4 is 0 Å². The van der Waals surface area contributed by atoms with Crippen molar-refractivity contribution in [1.82, 2.24) is 0 Å². The molecule has 48 valence electrons. The highest BCUT2D eigenvalue weighted by atomic mass is 19.1. The number of rotatable bonds is 0. The molecule has 1 rings (SSSR count). The lowest BCUT2D eigenvalue weighted by atomic mass is 10.2. The Hall–Kier alpha value is -0.920. The van der Waals surface area contributed by atoms with Gasteiger partial charge in [0.1, 0.15) is 11.6 Å². The average molecular weight is 131 g/mol. The summed E-state index contributed by atoms with van der Waals surface area (Å²) in [5, 5.41) is 0. The molecule has 2 heteroatoms. The van der Waals surface area contributed by atoms with Crippen LogP contribution in [-0.4, -0.2) is 0 Å². The molecule has 0 N–H and O–H groups in total. The maximum Gasteiger partial charge on any atom is 0.129 e. The van der Waals surface area contributed by atoms with Crippen LogP contribution >= 0.6 is 0 Å². The molecule has 0 unspecified atom stereocenters. The van der Waals surface area contributed by atoms with Crippen molar-refractivity contribution in [1.29, 1.82) is 0 Å². The van der Waals surface area contributed by atoms with Crippen LogP contribution in [0.5, 0.6) is 0 Å². The van der Waals surface area contributed by atoms with Gasteiger partial charge in [-0.1, -0.05) is 6.07 Å². The Labute approximate surface area is 56.3 Å². The molecular formula is C7H6F2. The number of benzene rings is 1. The minimum atomic E-state index is -2.73. The summed E-state index contributed by atoms with van der Waals surface area (Å²) in [6.45, 7) is -2.73. The van der Waals surface area contributed by atoms with Gasteiger partial charge in [-0.05, 0) is 19.0 Å². The predicted octanol–water partition coefficient (Wildman–Crippen LogP) is 2.27. The van der Waals surface area contributed by atoms with Gasteiger partial charge in [-0.15, -0.1) is 0 Å². The van der Waals surface area contributed by atoms with E-state index >= 15 is 0 Å².